The summed E-state index contributed by atoms with van der Waals surface area (Å²) in [6.45, 7) is 1.62. The molecule has 2 aromatic rings. The van der Waals surface area contributed by atoms with Crippen LogP contribution in [0, 0.1) is 6.92 Å². The second kappa shape index (κ2) is 5.92. The van der Waals surface area contributed by atoms with E-state index in [1.165, 1.54) is 24.5 Å². The Bertz CT molecular complexity index is 657. The second-order valence-electron chi connectivity index (χ2n) is 4.32. The van der Waals surface area contributed by atoms with E-state index in [0.29, 0.717) is 5.76 Å². The molecule has 0 aromatic carbocycles. The molecule has 2 heterocycles. The highest BCUT2D eigenvalue weighted by Crippen LogP contribution is 2.34. The molecule has 106 valence electrons. The van der Waals surface area contributed by atoms with Crippen molar-refractivity contribution >= 4 is 17.3 Å². The van der Waals surface area contributed by atoms with Gasteiger partial charge in [0, 0.05) is 6.07 Å². The number of carbonyl (C=O) groups is 1. The normalized spacial score (nSPS) is 12.1. The van der Waals surface area contributed by atoms with Gasteiger partial charge in [-0.25, -0.2) is 0 Å². The zero-order valence-corrected chi connectivity index (χ0v) is 11.9. The fourth-order valence-corrected chi connectivity index (χ4v) is 2.66. The molecule has 0 amide bonds. The molecule has 6 heteroatoms. The third kappa shape index (κ3) is 2.91. The van der Waals surface area contributed by atoms with Gasteiger partial charge in [-0.05, 0) is 29.3 Å². The van der Waals surface area contributed by atoms with Crippen LogP contribution in [-0.4, -0.2) is 18.2 Å². The van der Waals surface area contributed by atoms with Gasteiger partial charge in [0.05, 0.1) is 19.4 Å². The maximum Gasteiger partial charge on any atom is 0.306 e. The Morgan fingerprint density at radius 3 is 2.90 bits per heavy atom. The quantitative estimate of drug-likeness (QED) is 0.876. The molecule has 20 heavy (non-hydrogen) atoms. The summed E-state index contributed by atoms with van der Waals surface area (Å²) in [6.07, 6.45) is -0.00676. The van der Waals surface area contributed by atoms with Crippen molar-refractivity contribution in [2.45, 2.75) is 19.3 Å². The molecule has 0 aliphatic heterocycles. The molecule has 1 unspecified atom stereocenters. The Kier molecular flexibility index (Phi) is 4.24. The average molecular weight is 294 g/mol. The fraction of sp³-hybridized carbons (Fsp3) is 0.286. The van der Waals surface area contributed by atoms with Crippen LogP contribution in [0.2, 0.25) is 0 Å². The molecule has 1 atom stereocenters. The molecule has 0 bridgehead atoms. The molecule has 0 aliphatic carbocycles. The number of hydrogen-bond acceptors (Lipinski definition) is 6. The molecule has 0 aliphatic rings. The third-order valence-electron chi connectivity index (χ3n) is 2.93. The van der Waals surface area contributed by atoms with Gasteiger partial charge in [-0.1, -0.05) is 0 Å². The maximum atomic E-state index is 11.7. The zero-order chi connectivity index (χ0) is 14.7. The minimum atomic E-state index is -0.540. The molecule has 0 fully saturated rings. The first kappa shape index (κ1) is 14.3. The lowest BCUT2D eigenvalue weighted by Gasteiger charge is -2.15. The maximum absolute atomic E-state index is 11.7. The van der Waals surface area contributed by atoms with E-state index in [1.807, 2.05) is 16.8 Å². The highest BCUT2D eigenvalue weighted by Gasteiger charge is 2.26. The van der Waals surface area contributed by atoms with Crippen molar-refractivity contribution in [1.29, 1.82) is 0 Å². The van der Waals surface area contributed by atoms with Gasteiger partial charge in [0.1, 0.15) is 5.76 Å². The Morgan fingerprint density at radius 2 is 2.30 bits per heavy atom. The van der Waals surface area contributed by atoms with E-state index in [1.54, 1.807) is 6.92 Å². The van der Waals surface area contributed by atoms with Gasteiger partial charge < -0.3 is 14.3 Å². The van der Waals surface area contributed by atoms with E-state index < -0.39 is 23.1 Å². The number of aryl methyl sites for hydroxylation is 1. The minimum absolute atomic E-state index is 0.00676. The predicted molar refractivity (Wildman–Crippen MR) is 74.2 cm³/mol. The summed E-state index contributed by atoms with van der Waals surface area (Å²) in [7, 11) is 1.29. The summed E-state index contributed by atoms with van der Waals surface area (Å²) in [6, 6.07) is 3.03. The highest BCUT2D eigenvalue weighted by molar-refractivity contribution is 7.08. The lowest BCUT2D eigenvalue weighted by Crippen LogP contribution is -2.13. The number of rotatable bonds is 4. The molecule has 0 saturated heterocycles. The van der Waals surface area contributed by atoms with Crippen LogP contribution in [0.15, 0.2) is 32.1 Å². The van der Waals surface area contributed by atoms with Crippen molar-refractivity contribution in [2.75, 3.05) is 7.11 Å². The first-order chi connectivity index (χ1) is 9.52. The first-order valence-electron chi connectivity index (χ1n) is 5.95. The first-order valence-corrected chi connectivity index (χ1v) is 6.89. The molecular formula is C14H14O5S. The summed E-state index contributed by atoms with van der Waals surface area (Å²) in [5, 5.41) is 13.6. The van der Waals surface area contributed by atoms with Crippen LogP contribution in [0.5, 0.6) is 5.75 Å². The number of aromatic hydroxyl groups is 1. The van der Waals surface area contributed by atoms with Gasteiger partial charge in [0.2, 0.25) is 11.2 Å². The lowest BCUT2D eigenvalue weighted by molar-refractivity contribution is -0.140. The monoisotopic (exact) mass is 294 g/mol. The molecule has 1 N–H and O–H groups in total. The molecule has 0 spiro atoms. The van der Waals surface area contributed by atoms with Crippen molar-refractivity contribution in [3.05, 3.63) is 50.2 Å². The number of thiophene rings is 1. The average Bonchev–Trinajstić information content (AvgIpc) is 2.94. The van der Waals surface area contributed by atoms with Gasteiger partial charge in [-0.15, -0.1) is 0 Å². The van der Waals surface area contributed by atoms with Crippen LogP contribution in [0.25, 0.3) is 0 Å². The summed E-state index contributed by atoms with van der Waals surface area (Å²) in [5.74, 6) is -0.964. The van der Waals surface area contributed by atoms with E-state index in [-0.39, 0.29) is 12.2 Å². The lowest BCUT2D eigenvalue weighted by atomic mass is 9.94. The third-order valence-corrected chi connectivity index (χ3v) is 3.63. The van der Waals surface area contributed by atoms with Crippen LogP contribution in [-0.2, 0) is 9.53 Å². The van der Waals surface area contributed by atoms with Crippen molar-refractivity contribution < 1.29 is 19.1 Å². The number of esters is 1. The Morgan fingerprint density at radius 1 is 1.55 bits per heavy atom. The SMILES string of the molecule is COC(=O)CC(c1ccsc1)c1oc(C)cc(=O)c1O. The number of methoxy groups -OCH3 is 1. The van der Waals surface area contributed by atoms with E-state index in [4.69, 9.17) is 4.42 Å². The van der Waals surface area contributed by atoms with Gasteiger partial charge in [-0.2, -0.15) is 11.3 Å². The van der Waals surface area contributed by atoms with Gasteiger partial charge in [-0.3, -0.25) is 9.59 Å². The Labute approximate surface area is 119 Å². The summed E-state index contributed by atoms with van der Waals surface area (Å²) >= 11 is 1.46. The molecule has 0 radical (unpaired) electrons. The van der Waals surface area contributed by atoms with Gasteiger partial charge in [0.25, 0.3) is 0 Å². The van der Waals surface area contributed by atoms with Crippen LogP contribution in [0.1, 0.15) is 29.4 Å². The van der Waals surface area contributed by atoms with Crippen molar-refractivity contribution in [2.24, 2.45) is 0 Å². The highest BCUT2D eigenvalue weighted by atomic mass is 32.1. The van der Waals surface area contributed by atoms with E-state index >= 15 is 0 Å². The Balaban J connectivity index is 2.52. The summed E-state index contributed by atoms with van der Waals surface area (Å²) in [4.78, 5) is 23.2. The van der Waals surface area contributed by atoms with Crippen LogP contribution < -0.4 is 5.43 Å². The summed E-state index contributed by atoms with van der Waals surface area (Å²) in [5.41, 5.74) is 0.276. The molecule has 0 saturated carbocycles. The summed E-state index contributed by atoms with van der Waals surface area (Å²) < 4.78 is 10.1. The molecule has 2 aromatic heterocycles. The van der Waals surface area contributed by atoms with Crippen molar-refractivity contribution in [3.8, 4) is 5.75 Å². The topological polar surface area (TPSA) is 76.7 Å². The standard InChI is InChI=1S/C14H14O5S/c1-8-5-11(15)13(17)14(19-8)10(6-12(16)18-2)9-3-4-20-7-9/h3-5,7,10,17H,6H2,1-2H3. The van der Waals surface area contributed by atoms with E-state index in [9.17, 15) is 14.7 Å². The molecular weight excluding hydrogens is 280 g/mol. The second-order valence-corrected chi connectivity index (χ2v) is 5.10. The van der Waals surface area contributed by atoms with Crippen molar-refractivity contribution in [3.63, 3.8) is 0 Å². The van der Waals surface area contributed by atoms with Crippen LogP contribution in [0.4, 0.5) is 0 Å². The fourth-order valence-electron chi connectivity index (χ4n) is 1.95. The van der Waals surface area contributed by atoms with Crippen molar-refractivity contribution in [1.82, 2.24) is 0 Å². The number of carbonyl (C=O) groups excluding carboxylic acids is 1. The molecule has 2 rings (SSSR count). The van der Waals surface area contributed by atoms with E-state index in [2.05, 4.69) is 4.74 Å². The molecule has 5 nitrogen and oxygen atoms in total. The van der Waals surface area contributed by atoms with Crippen LogP contribution >= 0.6 is 11.3 Å². The van der Waals surface area contributed by atoms with Crippen LogP contribution in [0.3, 0.4) is 0 Å². The predicted octanol–water partition coefficient (Wildman–Crippen LogP) is 2.41. The van der Waals surface area contributed by atoms with Gasteiger partial charge >= 0.3 is 5.97 Å². The Hall–Kier alpha value is -2.08. The minimum Gasteiger partial charge on any atom is -0.502 e. The van der Waals surface area contributed by atoms with Gasteiger partial charge in [0.15, 0.2) is 5.76 Å². The zero-order valence-electron chi connectivity index (χ0n) is 11.1. The number of ether oxygens (including phenoxy) is 1. The smallest absolute Gasteiger partial charge is 0.306 e. The number of hydrogen-bond donors (Lipinski definition) is 1. The largest absolute Gasteiger partial charge is 0.502 e. The van der Waals surface area contributed by atoms with E-state index in [0.717, 1.165) is 5.56 Å².